The molecule has 1 fully saturated rings. The highest BCUT2D eigenvalue weighted by Crippen LogP contribution is 2.19. The third kappa shape index (κ3) is 3.92. The molecule has 0 aromatic rings. The molecule has 2 N–H and O–H groups in total. The van der Waals surface area contributed by atoms with Gasteiger partial charge in [0.05, 0.1) is 6.54 Å². The minimum atomic E-state index is -0.213. The van der Waals surface area contributed by atoms with Crippen LogP contribution in [-0.4, -0.2) is 36.9 Å². The SMILES string of the molecule is CC(C)(C)C(=O)CN1CCCC(CN)C1. The van der Waals surface area contributed by atoms with Gasteiger partial charge in [0.15, 0.2) is 5.78 Å². The van der Waals surface area contributed by atoms with Gasteiger partial charge in [-0.3, -0.25) is 9.69 Å². The molecule has 0 aromatic carbocycles. The van der Waals surface area contributed by atoms with Crippen molar-refractivity contribution in [3.8, 4) is 0 Å². The Morgan fingerprint density at radius 2 is 2.13 bits per heavy atom. The fourth-order valence-corrected chi connectivity index (χ4v) is 1.93. The number of Topliss-reactive ketones (excluding diaryl/α,β-unsaturated/α-hetero) is 1. The Hall–Kier alpha value is -0.410. The third-order valence-electron chi connectivity index (χ3n) is 3.14. The van der Waals surface area contributed by atoms with Crippen LogP contribution in [0.25, 0.3) is 0 Å². The number of carbonyl (C=O) groups excluding carboxylic acids is 1. The summed E-state index contributed by atoms with van der Waals surface area (Å²) in [5.74, 6) is 0.923. The van der Waals surface area contributed by atoms with Gasteiger partial charge < -0.3 is 5.73 Å². The highest BCUT2D eigenvalue weighted by Gasteiger charge is 2.26. The lowest BCUT2D eigenvalue weighted by atomic mass is 9.89. The van der Waals surface area contributed by atoms with Crippen molar-refractivity contribution in [1.29, 1.82) is 0 Å². The summed E-state index contributed by atoms with van der Waals surface area (Å²) in [4.78, 5) is 14.1. The van der Waals surface area contributed by atoms with Crippen molar-refractivity contribution >= 4 is 5.78 Å². The number of ketones is 1. The molecule has 0 radical (unpaired) electrons. The first-order chi connectivity index (χ1) is 6.93. The van der Waals surface area contributed by atoms with Crippen LogP contribution in [0.2, 0.25) is 0 Å². The molecule has 1 saturated heterocycles. The molecule has 3 heteroatoms. The lowest BCUT2D eigenvalue weighted by molar-refractivity contribution is -0.127. The predicted octanol–water partition coefficient (Wildman–Crippen LogP) is 1.27. The van der Waals surface area contributed by atoms with E-state index < -0.39 is 0 Å². The van der Waals surface area contributed by atoms with Crippen LogP contribution >= 0.6 is 0 Å². The second kappa shape index (κ2) is 5.08. The van der Waals surface area contributed by atoms with E-state index in [4.69, 9.17) is 5.73 Å². The normalized spacial score (nSPS) is 24.1. The average Bonchev–Trinajstić information content (AvgIpc) is 2.16. The van der Waals surface area contributed by atoms with E-state index in [0.717, 1.165) is 19.6 Å². The van der Waals surface area contributed by atoms with E-state index in [2.05, 4.69) is 4.90 Å². The first-order valence-corrected chi connectivity index (χ1v) is 5.89. The summed E-state index contributed by atoms with van der Waals surface area (Å²) < 4.78 is 0. The number of piperidine rings is 1. The summed E-state index contributed by atoms with van der Waals surface area (Å²) in [5, 5.41) is 0. The summed E-state index contributed by atoms with van der Waals surface area (Å²) >= 11 is 0. The van der Waals surface area contributed by atoms with Crippen molar-refractivity contribution in [2.45, 2.75) is 33.6 Å². The Labute approximate surface area is 93.0 Å². The molecule has 0 bridgehead atoms. The minimum absolute atomic E-state index is 0.213. The van der Waals surface area contributed by atoms with E-state index >= 15 is 0 Å². The van der Waals surface area contributed by atoms with Crippen molar-refractivity contribution in [1.82, 2.24) is 4.90 Å². The number of likely N-dealkylation sites (tertiary alicyclic amines) is 1. The Morgan fingerprint density at radius 3 is 2.67 bits per heavy atom. The van der Waals surface area contributed by atoms with Crippen molar-refractivity contribution in [2.24, 2.45) is 17.1 Å². The van der Waals surface area contributed by atoms with Crippen LogP contribution < -0.4 is 5.73 Å². The van der Waals surface area contributed by atoms with Crippen LogP contribution in [0, 0.1) is 11.3 Å². The maximum Gasteiger partial charge on any atom is 0.152 e. The van der Waals surface area contributed by atoms with Crippen LogP contribution in [-0.2, 0) is 4.79 Å². The van der Waals surface area contributed by atoms with Gasteiger partial charge in [-0.15, -0.1) is 0 Å². The van der Waals surface area contributed by atoms with Crippen LogP contribution in [0.4, 0.5) is 0 Å². The maximum atomic E-state index is 11.9. The molecule has 0 aliphatic carbocycles. The van der Waals surface area contributed by atoms with Gasteiger partial charge >= 0.3 is 0 Å². The van der Waals surface area contributed by atoms with Gasteiger partial charge in [0.25, 0.3) is 0 Å². The number of hydrogen-bond acceptors (Lipinski definition) is 3. The molecule has 1 aliphatic heterocycles. The molecule has 1 heterocycles. The number of carbonyl (C=O) groups is 1. The quantitative estimate of drug-likeness (QED) is 0.766. The second-order valence-corrected chi connectivity index (χ2v) is 5.65. The first-order valence-electron chi connectivity index (χ1n) is 5.89. The van der Waals surface area contributed by atoms with Crippen molar-refractivity contribution < 1.29 is 4.79 Å². The molecule has 0 amide bonds. The second-order valence-electron chi connectivity index (χ2n) is 5.65. The molecular weight excluding hydrogens is 188 g/mol. The summed E-state index contributed by atoms with van der Waals surface area (Å²) in [7, 11) is 0. The van der Waals surface area contributed by atoms with Gasteiger partial charge in [0.2, 0.25) is 0 Å². The minimum Gasteiger partial charge on any atom is -0.330 e. The zero-order valence-electron chi connectivity index (χ0n) is 10.3. The number of nitrogens with zero attached hydrogens (tertiary/aromatic N) is 1. The van der Waals surface area contributed by atoms with Crippen LogP contribution in [0.3, 0.4) is 0 Å². The highest BCUT2D eigenvalue weighted by atomic mass is 16.1. The third-order valence-corrected chi connectivity index (χ3v) is 3.14. The first kappa shape index (κ1) is 12.7. The number of nitrogens with two attached hydrogens (primary N) is 1. The van der Waals surface area contributed by atoms with E-state index in [0.29, 0.717) is 18.2 Å². The zero-order valence-corrected chi connectivity index (χ0v) is 10.3. The predicted molar refractivity (Wildman–Crippen MR) is 62.7 cm³/mol. The molecule has 0 spiro atoms. The molecule has 1 unspecified atom stereocenters. The molecule has 15 heavy (non-hydrogen) atoms. The molecule has 3 nitrogen and oxygen atoms in total. The lowest BCUT2D eigenvalue weighted by Crippen LogP contribution is -2.43. The fraction of sp³-hybridized carbons (Fsp3) is 0.917. The van der Waals surface area contributed by atoms with Crippen LogP contribution in [0.1, 0.15) is 33.6 Å². The zero-order chi connectivity index (χ0) is 11.5. The maximum absolute atomic E-state index is 11.9. The summed E-state index contributed by atoms with van der Waals surface area (Å²) in [6, 6.07) is 0. The number of hydrogen-bond donors (Lipinski definition) is 1. The molecule has 88 valence electrons. The smallest absolute Gasteiger partial charge is 0.152 e. The van der Waals surface area contributed by atoms with Gasteiger partial charge in [0.1, 0.15) is 0 Å². The summed E-state index contributed by atoms with van der Waals surface area (Å²) in [5.41, 5.74) is 5.46. The van der Waals surface area contributed by atoms with Gasteiger partial charge in [-0.1, -0.05) is 20.8 Å². The lowest BCUT2D eigenvalue weighted by Gasteiger charge is -2.33. The van der Waals surface area contributed by atoms with Crippen LogP contribution in [0.15, 0.2) is 0 Å². The molecular formula is C12H24N2O. The Balaban J connectivity index is 2.41. The van der Waals surface area contributed by atoms with Crippen molar-refractivity contribution in [3.05, 3.63) is 0 Å². The Kier molecular flexibility index (Phi) is 4.29. The van der Waals surface area contributed by atoms with Gasteiger partial charge in [-0.2, -0.15) is 0 Å². The van der Waals surface area contributed by atoms with Crippen molar-refractivity contribution in [2.75, 3.05) is 26.2 Å². The average molecular weight is 212 g/mol. The molecule has 1 rings (SSSR count). The summed E-state index contributed by atoms with van der Waals surface area (Å²) in [6.07, 6.45) is 2.40. The molecule has 1 aliphatic rings. The van der Waals surface area contributed by atoms with E-state index in [-0.39, 0.29) is 5.41 Å². The fourth-order valence-electron chi connectivity index (χ4n) is 1.93. The van der Waals surface area contributed by atoms with Gasteiger partial charge in [0, 0.05) is 12.0 Å². The van der Waals surface area contributed by atoms with Gasteiger partial charge in [-0.05, 0) is 31.8 Å². The van der Waals surface area contributed by atoms with E-state index in [9.17, 15) is 4.79 Å². The van der Waals surface area contributed by atoms with Crippen LogP contribution in [0.5, 0.6) is 0 Å². The molecule has 0 saturated carbocycles. The molecule has 1 atom stereocenters. The summed E-state index contributed by atoms with van der Waals surface area (Å²) in [6.45, 7) is 9.36. The Bertz CT molecular complexity index is 220. The van der Waals surface area contributed by atoms with E-state index in [1.165, 1.54) is 12.8 Å². The largest absolute Gasteiger partial charge is 0.330 e. The van der Waals surface area contributed by atoms with Gasteiger partial charge in [-0.25, -0.2) is 0 Å². The standard InChI is InChI=1S/C12H24N2O/c1-12(2,3)11(15)9-14-6-4-5-10(7-13)8-14/h10H,4-9,13H2,1-3H3. The van der Waals surface area contributed by atoms with Crippen molar-refractivity contribution in [3.63, 3.8) is 0 Å². The highest BCUT2D eigenvalue weighted by molar-refractivity contribution is 5.85. The topological polar surface area (TPSA) is 46.3 Å². The number of rotatable bonds is 3. The monoisotopic (exact) mass is 212 g/mol. The molecule has 0 aromatic heterocycles. The van der Waals surface area contributed by atoms with E-state index in [1.54, 1.807) is 0 Å². The van der Waals surface area contributed by atoms with E-state index in [1.807, 2.05) is 20.8 Å². The Morgan fingerprint density at radius 1 is 1.47 bits per heavy atom.